The first-order chi connectivity index (χ1) is 10.0. The van der Waals surface area contributed by atoms with Crippen LogP contribution in [0, 0.1) is 6.92 Å². The molecule has 0 saturated carbocycles. The van der Waals surface area contributed by atoms with Gasteiger partial charge < -0.3 is 9.84 Å². The fourth-order valence-electron chi connectivity index (χ4n) is 1.80. The molecular weight excluding hydrogens is 309 g/mol. The van der Waals surface area contributed by atoms with E-state index in [-0.39, 0.29) is 10.8 Å². The van der Waals surface area contributed by atoms with Gasteiger partial charge in [0.2, 0.25) is 0 Å². The Hall–Kier alpha value is -1.71. The van der Waals surface area contributed by atoms with Crippen LogP contribution < -0.4 is 4.74 Å². The number of aliphatic imine (C=N–C) groups is 1. The van der Waals surface area contributed by atoms with Gasteiger partial charge in [-0.25, -0.2) is 0 Å². The molecule has 0 bridgehead atoms. The van der Waals surface area contributed by atoms with E-state index in [0.29, 0.717) is 17.4 Å². The number of hydrogen-bond donors (Lipinski definition) is 1. The van der Waals surface area contributed by atoms with Gasteiger partial charge in [-0.05, 0) is 49.2 Å². The van der Waals surface area contributed by atoms with Crippen molar-refractivity contribution in [3.05, 3.63) is 51.5 Å². The van der Waals surface area contributed by atoms with Gasteiger partial charge in [0.25, 0.3) is 0 Å². The first-order valence-electron chi connectivity index (χ1n) is 6.46. The molecule has 2 rings (SSSR count). The van der Waals surface area contributed by atoms with Crippen LogP contribution in [-0.4, -0.2) is 17.9 Å². The summed E-state index contributed by atoms with van der Waals surface area (Å²) >= 11 is 11.9. The Bertz CT molecular complexity index is 684. The van der Waals surface area contributed by atoms with Crippen LogP contribution in [0.2, 0.25) is 10.0 Å². The van der Waals surface area contributed by atoms with Crippen molar-refractivity contribution in [2.75, 3.05) is 6.61 Å². The van der Waals surface area contributed by atoms with Crippen LogP contribution in [0.5, 0.6) is 11.5 Å². The van der Waals surface area contributed by atoms with Crippen molar-refractivity contribution in [1.29, 1.82) is 0 Å². The molecular formula is C16H15Cl2NO2. The van der Waals surface area contributed by atoms with Crippen LogP contribution in [-0.2, 0) is 0 Å². The third-order valence-corrected chi connectivity index (χ3v) is 3.40. The van der Waals surface area contributed by atoms with Gasteiger partial charge in [0, 0.05) is 11.2 Å². The number of ether oxygens (including phenoxy) is 1. The fourth-order valence-corrected chi connectivity index (χ4v) is 2.19. The number of hydrogen-bond acceptors (Lipinski definition) is 3. The molecule has 0 spiro atoms. The maximum absolute atomic E-state index is 9.80. The molecule has 0 aliphatic rings. The lowest BCUT2D eigenvalue weighted by Gasteiger charge is -2.08. The Morgan fingerprint density at radius 1 is 1.24 bits per heavy atom. The molecule has 0 unspecified atom stereocenters. The summed E-state index contributed by atoms with van der Waals surface area (Å²) in [6.45, 7) is 4.24. The minimum atomic E-state index is -0.0606. The summed E-state index contributed by atoms with van der Waals surface area (Å²) < 4.78 is 5.34. The van der Waals surface area contributed by atoms with E-state index >= 15 is 0 Å². The lowest BCUT2D eigenvalue weighted by atomic mass is 10.2. The standard InChI is InChI=1S/C16H15Cl2NO2/c1-3-21-15-7-11(6-13(18)16(15)20)9-19-14-8-12(17)5-4-10(14)2/h4-9,20H,3H2,1-2H3. The van der Waals surface area contributed by atoms with Gasteiger partial charge in [-0.15, -0.1) is 0 Å². The summed E-state index contributed by atoms with van der Waals surface area (Å²) in [4.78, 5) is 4.40. The van der Waals surface area contributed by atoms with E-state index in [1.807, 2.05) is 26.0 Å². The molecule has 0 radical (unpaired) electrons. The Morgan fingerprint density at radius 2 is 2.00 bits per heavy atom. The van der Waals surface area contributed by atoms with Gasteiger partial charge in [0.1, 0.15) is 0 Å². The number of rotatable bonds is 4. The number of phenolic OH excluding ortho intramolecular Hbond substituents is 1. The zero-order valence-electron chi connectivity index (χ0n) is 11.7. The van der Waals surface area contributed by atoms with E-state index in [9.17, 15) is 5.11 Å². The lowest BCUT2D eigenvalue weighted by molar-refractivity contribution is 0.318. The first kappa shape index (κ1) is 15.7. The molecule has 0 aliphatic carbocycles. The highest BCUT2D eigenvalue weighted by atomic mass is 35.5. The maximum Gasteiger partial charge on any atom is 0.176 e. The van der Waals surface area contributed by atoms with E-state index in [2.05, 4.69) is 4.99 Å². The molecule has 0 heterocycles. The molecule has 1 N–H and O–H groups in total. The lowest BCUT2D eigenvalue weighted by Crippen LogP contribution is -1.94. The van der Waals surface area contributed by atoms with E-state index in [1.54, 1.807) is 24.4 Å². The normalized spacial score (nSPS) is 11.0. The summed E-state index contributed by atoms with van der Waals surface area (Å²) in [5.41, 5.74) is 2.54. The molecule has 0 aromatic heterocycles. The molecule has 2 aromatic carbocycles. The van der Waals surface area contributed by atoms with Crippen LogP contribution >= 0.6 is 23.2 Å². The summed E-state index contributed by atoms with van der Waals surface area (Å²) in [6, 6.07) is 8.83. The predicted molar refractivity (Wildman–Crippen MR) is 87.7 cm³/mol. The molecule has 0 saturated heterocycles. The highest BCUT2D eigenvalue weighted by Gasteiger charge is 2.08. The Kier molecular flexibility index (Phi) is 5.10. The summed E-state index contributed by atoms with van der Waals surface area (Å²) in [5, 5.41) is 10.7. The van der Waals surface area contributed by atoms with Crippen LogP contribution in [0.15, 0.2) is 35.3 Å². The Morgan fingerprint density at radius 3 is 2.71 bits per heavy atom. The molecule has 21 heavy (non-hydrogen) atoms. The third kappa shape index (κ3) is 3.90. The number of aryl methyl sites for hydroxylation is 1. The van der Waals surface area contributed by atoms with Crippen LogP contribution in [0.25, 0.3) is 0 Å². The number of benzene rings is 2. The molecule has 0 fully saturated rings. The number of nitrogens with zero attached hydrogens (tertiary/aromatic N) is 1. The second kappa shape index (κ2) is 6.83. The van der Waals surface area contributed by atoms with Crippen molar-refractivity contribution >= 4 is 35.1 Å². The molecule has 110 valence electrons. The smallest absolute Gasteiger partial charge is 0.176 e. The van der Waals surface area contributed by atoms with E-state index in [4.69, 9.17) is 27.9 Å². The average Bonchev–Trinajstić information content (AvgIpc) is 2.45. The second-order valence-electron chi connectivity index (χ2n) is 4.47. The fraction of sp³-hybridized carbons (Fsp3) is 0.188. The molecule has 0 aliphatic heterocycles. The molecule has 2 aromatic rings. The first-order valence-corrected chi connectivity index (χ1v) is 7.22. The van der Waals surface area contributed by atoms with Gasteiger partial charge in [-0.1, -0.05) is 29.3 Å². The minimum absolute atomic E-state index is 0.0606. The van der Waals surface area contributed by atoms with Gasteiger partial charge in [-0.3, -0.25) is 4.99 Å². The Labute approximate surface area is 133 Å². The molecule has 0 amide bonds. The molecule has 3 nitrogen and oxygen atoms in total. The van der Waals surface area contributed by atoms with Crippen molar-refractivity contribution in [2.45, 2.75) is 13.8 Å². The monoisotopic (exact) mass is 323 g/mol. The zero-order valence-corrected chi connectivity index (χ0v) is 13.2. The van der Waals surface area contributed by atoms with E-state index in [1.165, 1.54) is 0 Å². The number of halogens is 2. The number of aromatic hydroxyl groups is 1. The van der Waals surface area contributed by atoms with Crippen molar-refractivity contribution in [3.63, 3.8) is 0 Å². The average molecular weight is 324 g/mol. The topological polar surface area (TPSA) is 41.8 Å². The highest BCUT2D eigenvalue weighted by Crippen LogP contribution is 2.35. The van der Waals surface area contributed by atoms with Crippen molar-refractivity contribution in [2.24, 2.45) is 4.99 Å². The maximum atomic E-state index is 9.80. The zero-order chi connectivity index (χ0) is 15.4. The van der Waals surface area contributed by atoms with Crippen LogP contribution in [0.1, 0.15) is 18.1 Å². The van der Waals surface area contributed by atoms with Crippen LogP contribution in [0.3, 0.4) is 0 Å². The van der Waals surface area contributed by atoms with Crippen molar-refractivity contribution in [3.8, 4) is 11.5 Å². The van der Waals surface area contributed by atoms with Gasteiger partial charge in [0.05, 0.1) is 17.3 Å². The van der Waals surface area contributed by atoms with Crippen LogP contribution in [0.4, 0.5) is 5.69 Å². The third-order valence-electron chi connectivity index (χ3n) is 2.87. The largest absolute Gasteiger partial charge is 0.503 e. The quantitative estimate of drug-likeness (QED) is 0.790. The van der Waals surface area contributed by atoms with Gasteiger partial charge in [0.15, 0.2) is 11.5 Å². The van der Waals surface area contributed by atoms with E-state index in [0.717, 1.165) is 16.8 Å². The SMILES string of the molecule is CCOc1cc(C=Nc2cc(Cl)ccc2C)cc(Cl)c1O. The molecule has 0 atom stereocenters. The number of phenols is 1. The highest BCUT2D eigenvalue weighted by molar-refractivity contribution is 6.32. The molecule has 5 heteroatoms. The minimum Gasteiger partial charge on any atom is -0.503 e. The van der Waals surface area contributed by atoms with Gasteiger partial charge >= 0.3 is 0 Å². The summed E-state index contributed by atoms with van der Waals surface area (Å²) in [6.07, 6.45) is 1.66. The van der Waals surface area contributed by atoms with Crippen molar-refractivity contribution in [1.82, 2.24) is 0 Å². The van der Waals surface area contributed by atoms with E-state index < -0.39 is 0 Å². The Balaban J connectivity index is 2.34. The second-order valence-corrected chi connectivity index (χ2v) is 5.32. The summed E-state index contributed by atoms with van der Waals surface area (Å²) in [7, 11) is 0. The van der Waals surface area contributed by atoms with Gasteiger partial charge in [-0.2, -0.15) is 0 Å². The predicted octanol–water partition coefficient (Wildman–Crippen LogP) is 5.16. The van der Waals surface area contributed by atoms with Crippen molar-refractivity contribution < 1.29 is 9.84 Å². The summed E-state index contributed by atoms with van der Waals surface area (Å²) in [5.74, 6) is 0.281.